The molecule has 0 saturated carbocycles. The van der Waals surface area contributed by atoms with Crippen molar-refractivity contribution in [2.24, 2.45) is 0 Å². The fraction of sp³-hybridized carbons (Fsp3) is 0. The van der Waals surface area contributed by atoms with E-state index in [0.717, 1.165) is 27.9 Å². The highest BCUT2D eigenvalue weighted by molar-refractivity contribution is 7.26. The van der Waals surface area contributed by atoms with E-state index in [1.807, 2.05) is 11.3 Å². The quantitative estimate of drug-likeness (QED) is 0.128. The molecule has 3 aromatic heterocycles. The normalized spacial score (nSPS) is 12.3. The number of rotatable bonds is 2. The van der Waals surface area contributed by atoms with Gasteiger partial charge in [-0.2, -0.15) is 0 Å². The van der Waals surface area contributed by atoms with Gasteiger partial charge in [0.05, 0.1) is 21.4 Å². The number of hydrogen-bond acceptors (Lipinski definition) is 2. The summed E-state index contributed by atoms with van der Waals surface area (Å²) in [5.41, 5.74) is 7.87. The molecule has 0 spiro atoms. The minimum absolute atomic E-state index is 1.01. The predicted octanol–water partition coefficient (Wildman–Crippen LogP) is 15.1. The van der Waals surface area contributed by atoms with Crippen LogP contribution in [0.2, 0.25) is 0 Å². The van der Waals surface area contributed by atoms with Crippen molar-refractivity contribution in [3.8, 4) is 22.4 Å². The molecule has 13 aromatic rings. The Hall–Kier alpha value is -7.07. The number of benzene rings is 10. The van der Waals surface area contributed by atoms with Crippen LogP contribution in [-0.2, 0) is 0 Å². The van der Waals surface area contributed by atoms with Crippen molar-refractivity contribution in [3.05, 3.63) is 182 Å². The van der Waals surface area contributed by atoms with E-state index in [9.17, 15) is 0 Å². The molecule has 0 saturated heterocycles. The van der Waals surface area contributed by atoms with Gasteiger partial charge in [0.1, 0.15) is 0 Å². The number of pyridine rings is 1. The Morgan fingerprint density at radius 3 is 1.57 bits per heavy atom. The number of imidazole rings is 1. The Kier molecular flexibility index (Phi) is 6.07. The molecule has 0 amide bonds. The van der Waals surface area contributed by atoms with Gasteiger partial charge in [0.25, 0.3) is 0 Å². The van der Waals surface area contributed by atoms with Gasteiger partial charge >= 0.3 is 0 Å². The third-order valence-electron chi connectivity index (χ3n) is 12.1. The second kappa shape index (κ2) is 11.2. The molecule has 0 fully saturated rings. The van der Waals surface area contributed by atoms with Crippen molar-refractivity contribution in [2.45, 2.75) is 0 Å². The first kappa shape index (κ1) is 30.3. The van der Waals surface area contributed by atoms with Gasteiger partial charge in [-0.1, -0.05) is 133 Å². The van der Waals surface area contributed by atoms with Gasteiger partial charge in [-0.3, -0.25) is 4.40 Å². The Morgan fingerprint density at radius 1 is 0.357 bits per heavy atom. The molecule has 0 radical (unpaired) electrons. The molecule has 0 unspecified atom stereocenters. The largest absolute Gasteiger partial charge is 0.291 e. The second-order valence-electron chi connectivity index (χ2n) is 15.2. The summed E-state index contributed by atoms with van der Waals surface area (Å²) >= 11 is 1.85. The molecule has 13 rings (SSSR count). The summed E-state index contributed by atoms with van der Waals surface area (Å²) in [5.74, 6) is 0. The van der Waals surface area contributed by atoms with Crippen molar-refractivity contribution in [1.82, 2.24) is 9.38 Å². The second-order valence-corrected chi connectivity index (χ2v) is 16.2. The SMILES string of the molecule is c1ccc2cc3cc4c(cc3cc2c1)nc1c2sc3cc5ccccc5cc3c2cc(-c2ccc(-c3ccc5c6ccccc6c6ccccc6c5c3)cc2)n41. The highest BCUT2D eigenvalue weighted by Gasteiger charge is 2.19. The van der Waals surface area contributed by atoms with Gasteiger partial charge in [-0.15, -0.1) is 11.3 Å². The molecule has 0 atom stereocenters. The third-order valence-corrected chi connectivity index (χ3v) is 13.2. The van der Waals surface area contributed by atoms with E-state index in [1.165, 1.54) is 95.9 Å². The summed E-state index contributed by atoms with van der Waals surface area (Å²) in [7, 11) is 0. The number of thiophene rings is 1. The maximum atomic E-state index is 5.44. The van der Waals surface area contributed by atoms with Gasteiger partial charge in [0.15, 0.2) is 5.65 Å². The van der Waals surface area contributed by atoms with Crippen molar-refractivity contribution in [2.75, 3.05) is 0 Å². The molecule has 0 aliphatic heterocycles. The lowest BCUT2D eigenvalue weighted by Crippen LogP contribution is -1.93. The van der Waals surface area contributed by atoms with E-state index in [4.69, 9.17) is 4.98 Å². The molecule has 0 aliphatic rings. The van der Waals surface area contributed by atoms with Crippen LogP contribution in [0.1, 0.15) is 0 Å². The number of hydrogen-bond donors (Lipinski definition) is 0. The van der Waals surface area contributed by atoms with Gasteiger partial charge in [0, 0.05) is 15.5 Å². The minimum Gasteiger partial charge on any atom is -0.291 e. The topological polar surface area (TPSA) is 17.3 Å². The van der Waals surface area contributed by atoms with E-state index < -0.39 is 0 Å². The number of nitrogens with zero attached hydrogens (tertiary/aromatic N) is 2. The maximum Gasteiger partial charge on any atom is 0.156 e. The minimum atomic E-state index is 1.01. The number of aromatic nitrogens is 2. The Bertz CT molecular complexity index is 3760. The summed E-state index contributed by atoms with van der Waals surface area (Å²) < 4.78 is 4.91. The Labute approximate surface area is 325 Å². The van der Waals surface area contributed by atoms with Crippen molar-refractivity contribution >= 4 is 113 Å². The van der Waals surface area contributed by atoms with Crippen LogP contribution in [0.5, 0.6) is 0 Å². The molecule has 10 aromatic carbocycles. The van der Waals surface area contributed by atoms with E-state index >= 15 is 0 Å². The van der Waals surface area contributed by atoms with Gasteiger partial charge < -0.3 is 0 Å². The molecule has 258 valence electrons. The highest BCUT2D eigenvalue weighted by atomic mass is 32.1. The van der Waals surface area contributed by atoms with Crippen molar-refractivity contribution < 1.29 is 0 Å². The van der Waals surface area contributed by atoms with Crippen LogP contribution in [-0.4, -0.2) is 9.38 Å². The summed E-state index contributed by atoms with van der Waals surface area (Å²) in [6, 6.07) is 67.4. The first-order chi connectivity index (χ1) is 27.7. The van der Waals surface area contributed by atoms with Crippen LogP contribution in [0.3, 0.4) is 0 Å². The zero-order valence-corrected chi connectivity index (χ0v) is 30.9. The smallest absolute Gasteiger partial charge is 0.156 e. The van der Waals surface area contributed by atoms with E-state index in [2.05, 4.69) is 186 Å². The van der Waals surface area contributed by atoms with E-state index in [1.54, 1.807) is 0 Å². The fourth-order valence-corrected chi connectivity index (χ4v) is 10.5. The van der Waals surface area contributed by atoms with Crippen LogP contribution < -0.4 is 0 Å². The predicted molar refractivity (Wildman–Crippen MR) is 241 cm³/mol. The van der Waals surface area contributed by atoms with Crippen molar-refractivity contribution in [3.63, 3.8) is 0 Å². The van der Waals surface area contributed by atoms with Crippen LogP contribution in [0.25, 0.3) is 124 Å². The lowest BCUT2D eigenvalue weighted by atomic mass is 9.92. The molecule has 0 bridgehead atoms. The van der Waals surface area contributed by atoms with Crippen LogP contribution in [0.15, 0.2) is 182 Å². The third kappa shape index (κ3) is 4.29. The molecular formula is C53H30N2S. The molecule has 3 heteroatoms. The number of fused-ring (bicyclic) bond motifs is 16. The fourth-order valence-electron chi connectivity index (χ4n) is 9.36. The van der Waals surface area contributed by atoms with Gasteiger partial charge in [-0.05, 0) is 130 Å². The van der Waals surface area contributed by atoms with E-state index in [-0.39, 0.29) is 0 Å². The standard InChI is InChI=1S/C53H30N2S/c1-2-10-34-24-39-28-50-48(27-38(39)23-33(34)9-1)54-53-52-47(46-26-35-11-3-4-12-36(35)29-51(46)56-52)30-49(55(50)53)32-19-17-31(18-20-32)37-21-22-44-42-15-6-5-13-40(42)41-14-7-8-16-43(41)45(44)25-37/h1-30H. The lowest BCUT2D eigenvalue weighted by Gasteiger charge is -2.13. The molecule has 56 heavy (non-hydrogen) atoms. The summed E-state index contributed by atoms with van der Waals surface area (Å²) in [6.45, 7) is 0. The Balaban J connectivity index is 1.05. The highest BCUT2D eigenvalue weighted by Crippen LogP contribution is 2.43. The average Bonchev–Trinajstić information content (AvgIpc) is 3.81. The maximum absolute atomic E-state index is 5.44. The molecule has 0 aliphatic carbocycles. The van der Waals surface area contributed by atoms with E-state index in [0.29, 0.717) is 0 Å². The van der Waals surface area contributed by atoms with Crippen molar-refractivity contribution in [1.29, 1.82) is 0 Å². The van der Waals surface area contributed by atoms with Gasteiger partial charge in [0.2, 0.25) is 0 Å². The molecule has 3 heterocycles. The first-order valence-electron chi connectivity index (χ1n) is 19.2. The lowest BCUT2D eigenvalue weighted by molar-refractivity contribution is 1.25. The zero-order chi connectivity index (χ0) is 36.5. The monoisotopic (exact) mass is 726 g/mol. The zero-order valence-electron chi connectivity index (χ0n) is 30.1. The van der Waals surface area contributed by atoms with Crippen LogP contribution in [0, 0.1) is 0 Å². The summed E-state index contributed by atoms with van der Waals surface area (Å²) in [6.07, 6.45) is 0. The van der Waals surface area contributed by atoms with Crippen LogP contribution in [0.4, 0.5) is 0 Å². The van der Waals surface area contributed by atoms with Crippen LogP contribution >= 0.6 is 11.3 Å². The molecule has 0 N–H and O–H groups in total. The summed E-state index contributed by atoms with van der Waals surface area (Å²) in [5, 5.41) is 17.7. The first-order valence-corrected chi connectivity index (χ1v) is 20.0. The molecule has 2 nitrogen and oxygen atoms in total. The molecular weight excluding hydrogens is 697 g/mol. The Morgan fingerprint density at radius 2 is 0.893 bits per heavy atom. The summed E-state index contributed by atoms with van der Waals surface area (Å²) in [4.78, 5) is 5.44. The van der Waals surface area contributed by atoms with Gasteiger partial charge in [-0.25, -0.2) is 4.98 Å². The average molecular weight is 727 g/mol.